The lowest BCUT2D eigenvalue weighted by atomic mass is 9.87. The summed E-state index contributed by atoms with van der Waals surface area (Å²) >= 11 is 0. The number of ketones is 1. The lowest BCUT2D eigenvalue weighted by Crippen LogP contribution is -2.38. The average molecular weight is 220 g/mol. The first-order valence-corrected chi connectivity index (χ1v) is 5.74. The highest BCUT2D eigenvalue weighted by Gasteiger charge is 2.36. The number of Topliss-reactive ketones (excluding diaryl/α,β-unsaturated/α-hetero) is 1. The number of aromatic nitrogens is 2. The van der Waals surface area contributed by atoms with Crippen LogP contribution in [0, 0.1) is 0 Å². The largest absolute Gasteiger partial charge is 0.382 e. The molecule has 0 radical (unpaired) electrons. The van der Waals surface area contributed by atoms with Crippen molar-refractivity contribution >= 4 is 5.78 Å². The maximum atomic E-state index is 12.1. The number of rotatable bonds is 2. The highest BCUT2D eigenvalue weighted by Crippen LogP contribution is 2.29. The average Bonchev–Trinajstić information content (AvgIpc) is 2.55. The number of hydrogen-bond acceptors (Lipinski definition) is 4. The Morgan fingerprint density at radius 3 is 2.25 bits per heavy atom. The van der Waals surface area contributed by atoms with Crippen LogP contribution in [0.3, 0.4) is 0 Å². The van der Waals surface area contributed by atoms with Gasteiger partial charge in [-0.05, 0) is 12.8 Å². The number of hydrogen-bond donors (Lipinski definition) is 1. The van der Waals surface area contributed by atoms with E-state index >= 15 is 0 Å². The summed E-state index contributed by atoms with van der Waals surface area (Å²) in [5, 5.41) is 10.4. The summed E-state index contributed by atoms with van der Waals surface area (Å²) in [5.41, 5.74) is -0.784. The van der Waals surface area contributed by atoms with E-state index in [2.05, 4.69) is 9.97 Å². The quantitative estimate of drug-likeness (QED) is 0.609. The van der Waals surface area contributed by atoms with Crippen molar-refractivity contribution in [2.24, 2.45) is 0 Å². The van der Waals surface area contributed by atoms with E-state index in [1.165, 1.54) is 18.7 Å². The van der Waals surface area contributed by atoms with E-state index < -0.39 is 5.60 Å². The second-order valence-corrected chi connectivity index (χ2v) is 4.40. The topological polar surface area (TPSA) is 63.1 Å². The number of carbonyl (C=O) groups excluding carboxylic acids is 1. The molecule has 0 bridgehead atoms. The first-order chi connectivity index (χ1) is 7.72. The molecule has 1 aliphatic carbocycles. The van der Waals surface area contributed by atoms with Crippen molar-refractivity contribution in [2.75, 3.05) is 0 Å². The molecule has 1 heterocycles. The molecule has 86 valence electrons. The van der Waals surface area contributed by atoms with E-state index in [9.17, 15) is 9.90 Å². The molecule has 1 aromatic rings. The van der Waals surface area contributed by atoms with E-state index in [-0.39, 0.29) is 5.78 Å². The van der Waals surface area contributed by atoms with Gasteiger partial charge >= 0.3 is 0 Å². The molecule has 1 N–H and O–H groups in total. The van der Waals surface area contributed by atoms with Crippen LogP contribution in [0.25, 0.3) is 0 Å². The smallest absolute Gasteiger partial charge is 0.197 e. The van der Waals surface area contributed by atoms with Crippen LogP contribution in [-0.2, 0) is 0 Å². The van der Waals surface area contributed by atoms with Crippen LogP contribution in [0.15, 0.2) is 18.7 Å². The Balaban J connectivity index is 2.19. The molecule has 0 saturated heterocycles. The van der Waals surface area contributed by atoms with Crippen LogP contribution in [0.4, 0.5) is 0 Å². The Hall–Kier alpha value is -1.29. The third kappa shape index (κ3) is 2.27. The predicted molar refractivity (Wildman–Crippen MR) is 59.0 cm³/mol. The third-order valence-corrected chi connectivity index (χ3v) is 3.18. The van der Waals surface area contributed by atoms with Crippen LogP contribution in [0.5, 0.6) is 0 Å². The van der Waals surface area contributed by atoms with E-state index in [4.69, 9.17) is 0 Å². The highest BCUT2D eigenvalue weighted by molar-refractivity contribution is 6.01. The molecular weight excluding hydrogens is 204 g/mol. The maximum Gasteiger partial charge on any atom is 0.197 e. The Kier molecular flexibility index (Phi) is 3.29. The molecule has 0 aromatic carbocycles. The van der Waals surface area contributed by atoms with Crippen molar-refractivity contribution in [2.45, 2.75) is 44.1 Å². The molecule has 2 rings (SSSR count). The lowest BCUT2D eigenvalue weighted by Gasteiger charge is -2.24. The molecule has 1 aromatic heterocycles. The summed E-state index contributed by atoms with van der Waals surface area (Å²) in [6, 6.07) is 0. The number of aliphatic hydroxyl groups is 1. The molecule has 1 fully saturated rings. The second-order valence-electron chi connectivity index (χ2n) is 4.40. The summed E-state index contributed by atoms with van der Waals surface area (Å²) in [6.45, 7) is 0. The minimum atomic E-state index is -1.19. The molecular formula is C12H16N2O2. The van der Waals surface area contributed by atoms with E-state index in [0.717, 1.165) is 25.7 Å². The highest BCUT2D eigenvalue weighted by atomic mass is 16.3. The molecule has 0 aliphatic heterocycles. The van der Waals surface area contributed by atoms with Crippen molar-refractivity contribution in [1.29, 1.82) is 0 Å². The summed E-state index contributed by atoms with van der Waals surface area (Å²) < 4.78 is 0. The van der Waals surface area contributed by atoms with Crippen molar-refractivity contribution in [1.82, 2.24) is 9.97 Å². The van der Waals surface area contributed by atoms with Crippen molar-refractivity contribution in [3.8, 4) is 0 Å². The molecule has 0 spiro atoms. The van der Waals surface area contributed by atoms with Crippen molar-refractivity contribution < 1.29 is 9.90 Å². The normalized spacial score (nSPS) is 20.1. The molecule has 4 heteroatoms. The summed E-state index contributed by atoms with van der Waals surface area (Å²) in [7, 11) is 0. The van der Waals surface area contributed by atoms with Gasteiger partial charge in [0.25, 0.3) is 0 Å². The number of carbonyl (C=O) groups is 1. The maximum absolute atomic E-state index is 12.1. The zero-order valence-electron chi connectivity index (χ0n) is 9.22. The van der Waals surface area contributed by atoms with E-state index in [0.29, 0.717) is 18.4 Å². The fourth-order valence-corrected chi connectivity index (χ4v) is 2.23. The fourth-order valence-electron chi connectivity index (χ4n) is 2.23. The van der Waals surface area contributed by atoms with Gasteiger partial charge < -0.3 is 5.11 Å². The van der Waals surface area contributed by atoms with Crippen LogP contribution in [0.2, 0.25) is 0 Å². The lowest BCUT2D eigenvalue weighted by molar-refractivity contribution is 0.0237. The van der Waals surface area contributed by atoms with Crippen LogP contribution >= 0.6 is 0 Å². The first-order valence-electron chi connectivity index (χ1n) is 5.74. The van der Waals surface area contributed by atoms with Crippen molar-refractivity contribution in [3.05, 3.63) is 24.3 Å². The van der Waals surface area contributed by atoms with E-state index in [1.54, 1.807) is 0 Å². The van der Waals surface area contributed by atoms with Crippen LogP contribution in [0.1, 0.15) is 48.9 Å². The van der Waals surface area contributed by atoms with Gasteiger partial charge in [-0.3, -0.25) is 4.79 Å². The Labute approximate surface area is 94.7 Å². The summed E-state index contributed by atoms with van der Waals surface area (Å²) in [6.07, 6.45) is 9.46. The Bertz CT molecular complexity index is 357. The van der Waals surface area contributed by atoms with Gasteiger partial charge in [-0.15, -0.1) is 0 Å². The molecule has 0 amide bonds. The fraction of sp³-hybridized carbons (Fsp3) is 0.583. The molecule has 0 atom stereocenters. The van der Waals surface area contributed by atoms with Gasteiger partial charge in [0.2, 0.25) is 0 Å². The van der Waals surface area contributed by atoms with Gasteiger partial charge in [0.15, 0.2) is 5.78 Å². The molecule has 1 saturated carbocycles. The molecule has 0 unspecified atom stereocenters. The van der Waals surface area contributed by atoms with Gasteiger partial charge in [-0.1, -0.05) is 25.7 Å². The summed E-state index contributed by atoms with van der Waals surface area (Å²) in [5.74, 6) is -0.227. The van der Waals surface area contributed by atoms with Gasteiger partial charge in [0.1, 0.15) is 11.9 Å². The minimum Gasteiger partial charge on any atom is -0.382 e. The SMILES string of the molecule is O=C(c1cncnc1)C1(O)CCCCCC1. The molecule has 16 heavy (non-hydrogen) atoms. The van der Waals surface area contributed by atoms with Gasteiger partial charge in [0, 0.05) is 12.4 Å². The zero-order chi connectivity index (χ0) is 11.4. The first kappa shape index (κ1) is 11.2. The summed E-state index contributed by atoms with van der Waals surface area (Å²) in [4.78, 5) is 19.8. The van der Waals surface area contributed by atoms with Crippen molar-refractivity contribution in [3.63, 3.8) is 0 Å². The third-order valence-electron chi connectivity index (χ3n) is 3.18. The monoisotopic (exact) mass is 220 g/mol. The van der Waals surface area contributed by atoms with Crippen LogP contribution < -0.4 is 0 Å². The Morgan fingerprint density at radius 1 is 1.12 bits per heavy atom. The number of nitrogens with zero attached hydrogens (tertiary/aromatic N) is 2. The van der Waals surface area contributed by atoms with Gasteiger partial charge in [0.05, 0.1) is 5.56 Å². The van der Waals surface area contributed by atoms with E-state index in [1.807, 2.05) is 0 Å². The zero-order valence-corrected chi connectivity index (χ0v) is 9.22. The van der Waals surface area contributed by atoms with Crippen LogP contribution in [-0.4, -0.2) is 26.5 Å². The second kappa shape index (κ2) is 4.70. The molecule has 1 aliphatic rings. The minimum absolute atomic E-state index is 0.227. The van der Waals surface area contributed by atoms with Gasteiger partial charge in [-0.25, -0.2) is 9.97 Å². The van der Waals surface area contributed by atoms with Gasteiger partial charge in [-0.2, -0.15) is 0 Å². The standard InChI is InChI=1S/C12H16N2O2/c15-11(10-7-13-9-14-8-10)12(16)5-3-1-2-4-6-12/h7-9,16H,1-6H2. The Morgan fingerprint density at radius 2 is 1.69 bits per heavy atom. The molecule has 4 nitrogen and oxygen atoms in total. The predicted octanol–water partition coefficient (Wildman–Crippen LogP) is 1.74.